The molecule has 0 saturated carbocycles. The van der Waals surface area contributed by atoms with Gasteiger partial charge < -0.3 is 0 Å². The van der Waals surface area contributed by atoms with Crippen LogP contribution in [0.3, 0.4) is 0 Å². The number of hydrogen-bond donors (Lipinski definition) is 0. The number of aromatic nitrogens is 1. The summed E-state index contributed by atoms with van der Waals surface area (Å²) in [5, 5.41) is 1.33. The van der Waals surface area contributed by atoms with E-state index >= 15 is 0 Å². The Labute approximate surface area is 125 Å². The van der Waals surface area contributed by atoms with Crippen molar-refractivity contribution in [3.63, 3.8) is 0 Å². The van der Waals surface area contributed by atoms with Crippen molar-refractivity contribution in [1.29, 1.82) is 0 Å². The van der Waals surface area contributed by atoms with Gasteiger partial charge in [-0.2, -0.15) is 4.57 Å². The summed E-state index contributed by atoms with van der Waals surface area (Å²) in [6, 6.07) is 20.4. The molecule has 4 rings (SSSR count). The molecule has 0 amide bonds. The Morgan fingerprint density at radius 1 is 0.905 bits per heavy atom. The van der Waals surface area contributed by atoms with Crippen molar-refractivity contribution in [2.24, 2.45) is 0 Å². The molecule has 3 aromatic rings. The normalized spacial score (nSPS) is 20.1. The van der Waals surface area contributed by atoms with E-state index in [9.17, 15) is 0 Å². The molecule has 21 heavy (non-hydrogen) atoms. The van der Waals surface area contributed by atoms with Crippen LogP contribution in [0.4, 0.5) is 0 Å². The van der Waals surface area contributed by atoms with Gasteiger partial charge in [0.1, 0.15) is 0 Å². The van der Waals surface area contributed by atoms with Crippen LogP contribution >= 0.6 is 0 Å². The lowest BCUT2D eigenvalue weighted by Crippen LogP contribution is -2.46. The Hall–Kier alpha value is -2.15. The van der Waals surface area contributed by atoms with Crippen molar-refractivity contribution >= 4 is 10.9 Å². The van der Waals surface area contributed by atoms with Crippen LogP contribution in [0.25, 0.3) is 22.2 Å². The van der Waals surface area contributed by atoms with Gasteiger partial charge in [-0.15, -0.1) is 0 Å². The zero-order valence-electron chi connectivity index (χ0n) is 12.8. The van der Waals surface area contributed by atoms with Gasteiger partial charge in [-0.3, -0.25) is 0 Å². The molecule has 104 valence electrons. The molecule has 1 aliphatic heterocycles. The molecule has 2 unspecified atom stereocenters. The molecule has 0 aliphatic carbocycles. The third-order valence-corrected chi connectivity index (χ3v) is 5.02. The van der Waals surface area contributed by atoms with Crippen LogP contribution in [-0.2, 0) is 0 Å². The molecule has 0 radical (unpaired) electrons. The summed E-state index contributed by atoms with van der Waals surface area (Å²) in [5.74, 6) is 0.531. The van der Waals surface area contributed by atoms with Gasteiger partial charge in [0.15, 0.2) is 6.04 Å². The number of hydrogen-bond acceptors (Lipinski definition) is 0. The summed E-state index contributed by atoms with van der Waals surface area (Å²) in [7, 11) is 0. The first kappa shape index (κ1) is 12.6. The third-order valence-electron chi connectivity index (χ3n) is 5.02. The molecular weight excluding hydrogens is 254 g/mol. The summed E-state index contributed by atoms with van der Waals surface area (Å²) in [6.45, 7) is 6.92. The lowest BCUT2D eigenvalue weighted by Gasteiger charge is -2.27. The molecule has 2 atom stereocenters. The van der Waals surface area contributed by atoms with E-state index in [1.54, 1.807) is 0 Å². The zero-order chi connectivity index (χ0) is 14.6. The number of pyridine rings is 1. The minimum absolute atomic E-state index is 0.472. The maximum absolute atomic E-state index is 2.54. The molecule has 1 aromatic heterocycles. The number of rotatable bonds is 0. The number of fused-ring (bicyclic) bond motifs is 5. The predicted octanol–water partition coefficient (Wildman–Crippen LogP) is 4.78. The summed E-state index contributed by atoms with van der Waals surface area (Å²) in [6.07, 6.45) is 0. The first-order valence-electron chi connectivity index (χ1n) is 7.71. The topological polar surface area (TPSA) is 3.88 Å². The van der Waals surface area contributed by atoms with Gasteiger partial charge in [0.25, 0.3) is 0 Å². The van der Waals surface area contributed by atoms with Crippen LogP contribution in [-0.4, -0.2) is 0 Å². The van der Waals surface area contributed by atoms with Crippen LogP contribution < -0.4 is 4.57 Å². The molecule has 0 saturated heterocycles. The molecule has 0 fully saturated rings. The summed E-state index contributed by atoms with van der Waals surface area (Å²) in [5.41, 5.74) is 6.96. The second-order valence-electron chi connectivity index (χ2n) is 6.22. The SMILES string of the molecule is Cc1cc2ccccc2[n+]2c1-c1ccccc1C(C)C2C. The van der Waals surface area contributed by atoms with Crippen molar-refractivity contribution in [2.45, 2.75) is 32.7 Å². The fourth-order valence-electron chi connectivity index (χ4n) is 3.80. The van der Waals surface area contributed by atoms with E-state index in [-0.39, 0.29) is 0 Å². The van der Waals surface area contributed by atoms with E-state index in [1.165, 1.54) is 33.3 Å². The fourth-order valence-corrected chi connectivity index (χ4v) is 3.80. The van der Waals surface area contributed by atoms with Crippen LogP contribution in [0.5, 0.6) is 0 Å². The van der Waals surface area contributed by atoms with Crippen LogP contribution in [0.2, 0.25) is 0 Å². The Balaban J connectivity index is 2.19. The van der Waals surface area contributed by atoms with Gasteiger partial charge in [-0.1, -0.05) is 37.3 Å². The highest BCUT2D eigenvalue weighted by Crippen LogP contribution is 2.39. The average Bonchev–Trinajstić information content (AvgIpc) is 2.51. The van der Waals surface area contributed by atoms with Crippen molar-refractivity contribution < 1.29 is 4.57 Å². The van der Waals surface area contributed by atoms with Crippen molar-refractivity contribution in [1.82, 2.24) is 0 Å². The molecule has 1 heteroatoms. The number of benzene rings is 2. The Kier molecular flexibility index (Phi) is 2.65. The Morgan fingerprint density at radius 3 is 2.48 bits per heavy atom. The average molecular weight is 274 g/mol. The fraction of sp³-hybridized carbons (Fsp3) is 0.250. The third kappa shape index (κ3) is 1.67. The first-order chi connectivity index (χ1) is 10.2. The first-order valence-corrected chi connectivity index (χ1v) is 7.71. The molecule has 0 N–H and O–H groups in total. The minimum atomic E-state index is 0.472. The van der Waals surface area contributed by atoms with Crippen molar-refractivity contribution in [3.05, 3.63) is 65.7 Å². The quantitative estimate of drug-likeness (QED) is 0.519. The highest BCUT2D eigenvalue weighted by atomic mass is 15.0. The highest BCUT2D eigenvalue weighted by molar-refractivity contribution is 5.80. The van der Waals surface area contributed by atoms with Gasteiger partial charge in [0, 0.05) is 22.9 Å². The summed E-state index contributed by atoms with van der Waals surface area (Å²) < 4.78 is 2.54. The van der Waals surface area contributed by atoms with Gasteiger partial charge in [-0.25, -0.2) is 0 Å². The van der Waals surface area contributed by atoms with E-state index in [2.05, 4.69) is 79.9 Å². The van der Waals surface area contributed by atoms with Gasteiger partial charge in [0.05, 0.1) is 5.56 Å². The highest BCUT2D eigenvalue weighted by Gasteiger charge is 2.36. The summed E-state index contributed by atoms with van der Waals surface area (Å²) >= 11 is 0. The van der Waals surface area contributed by atoms with Crippen molar-refractivity contribution in [2.75, 3.05) is 0 Å². The van der Waals surface area contributed by atoms with E-state index in [0.717, 1.165) is 0 Å². The largest absolute Gasteiger partial charge is 0.216 e. The summed E-state index contributed by atoms with van der Waals surface area (Å²) in [4.78, 5) is 0. The molecule has 2 heterocycles. The second kappa shape index (κ2) is 4.42. The lowest BCUT2D eigenvalue weighted by molar-refractivity contribution is -0.689. The standard InChI is InChI=1S/C20H20N/c1-13-12-16-8-4-7-11-19(16)21-15(3)14(2)17-9-5-6-10-18(17)20(13)21/h4-12,14-15H,1-3H3/q+1. The second-order valence-corrected chi connectivity index (χ2v) is 6.22. The van der Waals surface area contributed by atoms with E-state index in [0.29, 0.717) is 12.0 Å². The zero-order valence-corrected chi connectivity index (χ0v) is 12.8. The maximum Gasteiger partial charge on any atom is 0.216 e. The van der Waals surface area contributed by atoms with Crippen LogP contribution in [0, 0.1) is 6.92 Å². The van der Waals surface area contributed by atoms with E-state index < -0.39 is 0 Å². The molecule has 2 aromatic carbocycles. The van der Waals surface area contributed by atoms with Crippen molar-refractivity contribution in [3.8, 4) is 11.3 Å². The number of aryl methyl sites for hydroxylation is 1. The van der Waals surface area contributed by atoms with Crippen LogP contribution in [0.1, 0.15) is 36.9 Å². The molecule has 0 spiro atoms. The molecule has 1 aliphatic rings. The number of nitrogens with zero attached hydrogens (tertiary/aromatic N) is 1. The Bertz CT molecular complexity index is 848. The molecule has 1 nitrogen and oxygen atoms in total. The minimum Gasteiger partial charge on any atom is -0.188 e. The molecule has 0 bridgehead atoms. The monoisotopic (exact) mass is 274 g/mol. The van der Waals surface area contributed by atoms with E-state index in [4.69, 9.17) is 0 Å². The van der Waals surface area contributed by atoms with Gasteiger partial charge in [0.2, 0.25) is 11.2 Å². The van der Waals surface area contributed by atoms with E-state index in [1.807, 2.05) is 0 Å². The number of para-hydroxylation sites is 1. The molecular formula is C20H20N+. The van der Waals surface area contributed by atoms with Gasteiger partial charge in [-0.05, 0) is 37.6 Å². The maximum atomic E-state index is 2.54. The lowest BCUT2D eigenvalue weighted by atomic mass is 9.83. The van der Waals surface area contributed by atoms with Gasteiger partial charge >= 0.3 is 0 Å². The Morgan fingerprint density at radius 2 is 1.62 bits per heavy atom. The predicted molar refractivity (Wildman–Crippen MR) is 87.4 cm³/mol. The smallest absolute Gasteiger partial charge is 0.188 e. The van der Waals surface area contributed by atoms with Crippen LogP contribution in [0.15, 0.2) is 54.6 Å².